The number of rotatable bonds is 8. The number of thioether (sulfide) groups is 1. The van der Waals surface area contributed by atoms with Crippen molar-refractivity contribution in [2.24, 2.45) is 5.92 Å². The van der Waals surface area contributed by atoms with E-state index in [4.69, 9.17) is 0 Å². The number of fused-ring (bicyclic) bond motifs is 1. The topological polar surface area (TPSA) is 102 Å². The van der Waals surface area contributed by atoms with Gasteiger partial charge in [-0.25, -0.2) is 4.79 Å². The second-order valence-electron chi connectivity index (χ2n) is 11.5. The van der Waals surface area contributed by atoms with Gasteiger partial charge in [-0.3, -0.25) is 14.4 Å². The van der Waals surface area contributed by atoms with Gasteiger partial charge in [0.15, 0.2) is 0 Å². The second-order valence-corrected chi connectivity index (χ2v) is 12.8. The molecule has 9 nitrogen and oxygen atoms in total. The predicted molar refractivity (Wildman–Crippen MR) is 161 cm³/mol. The van der Waals surface area contributed by atoms with Crippen molar-refractivity contribution in [1.82, 2.24) is 14.7 Å². The zero-order valence-corrected chi connectivity index (χ0v) is 24.8. The molecule has 41 heavy (non-hydrogen) atoms. The van der Waals surface area contributed by atoms with E-state index in [9.17, 15) is 19.2 Å². The van der Waals surface area contributed by atoms with Crippen LogP contribution in [0.1, 0.15) is 63.0 Å². The van der Waals surface area contributed by atoms with E-state index in [0.29, 0.717) is 37.8 Å². The van der Waals surface area contributed by atoms with Crippen molar-refractivity contribution >= 4 is 46.9 Å². The fourth-order valence-corrected chi connectivity index (χ4v) is 7.25. The minimum atomic E-state index is -0.434. The highest BCUT2D eigenvalue weighted by Gasteiger charge is 2.42. The molecular formula is C31H39N5O4S. The summed E-state index contributed by atoms with van der Waals surface area (Å²) in [4.78, 5) is 56.7. The molecule has 0 spiro atoms. The maximum Gasteiger partial charge on any atom is 0.322 e. The molecule has 10 heteroatoms. The monoisotopic (exact) mass is 577 g/mol. The van der Waals surface area contributed by atoms with Crippen LogP contribution in [0.2, 0.25) is 0 Å². The molecule has 2 aromatic rings. The third-order valence-corrected chi connectivity index (χ3v) is 9.56. The van der Waals surface area contributed by atoms with Crippen molar-refractivity contribution in [3.8, 4) is 0 Å². The summed E-state index contributed by atoms with van der Waals surface area (Å²) in [7, 11) is 0. The van der Waals surface area contributed by atoms with Crippen LogP contribution >= 0.6 is 11.8 Å². The minimum absolute atomic E-state index is 0.00629. The Kier molecular flexibility index (Phi) is 8.87. The third-order valence-electron chi connectivity index (χ3n) is 8.08. The van der Waals surface area contributed by atoms with Crippen LogP contribution in [0.3, 0.4) is 0 Å². The van der Waals surface area contributed by atoms with E-state index in [1.165, 1.54) is 6.92 Å². The standard InChI is InChI=1S/C31H39N5O4S/c1-20(2)12-17-35-29(39)27(41-30(35)22-8-10-24(11-9-22)32-21(3)37)18-28(38)34-15-13-25(14-16-34)36-19-23-6-4-5-7-26(23)33-31(36)40/h4-11,20,25,27,30H,12-19H2,1-3H3,(H,32,37)(H,33,40). The zero-order valence-electron chi connectivity index (χ0n) is 24.0. The summed E-state index contributed by atoms with van der Waals surface area (Å²) >= 11 is 1.54. The van der Waals surface area contributed by atoms with Crippen LogP contribution in [0.25, 0.3) is 0 Å². The van der Waals surface area contributed by atoms with Crippen LogP contribution in [0.5, 0.6) is 0 Å². The van der Waals surface area contributed by atoms with E-state index in [1.54, 1.807) is 11.8 Å². The summed E-state index contributed by atoms with van der Waals surface area (Å²) in [5, 5.41) is 5.17. The van der Waals surface area contributed by atoms with Gasteiger partial charge in [0.2, 0.25) is 17.7 Å². The lowest BCUT2D eigenvalue weighted by atomic mass is 10.0. The molecule has 218 valence electrons. The summed E-state index contributed by atoms with van der Waals surface area (Å²) in [6.07, 6.45) is 2.49. The Labute approximate surface area is 246 Å². The average Bonchev–Trinajstić information content (AvgIpc) is 3.26. The molecule has 2 fully saturated rings. The van der Waals surface area contributed by atoms with Gasteiger partial charge in [-0.1, -0.05) is 44.2 Å². The Balaban J connectivity index is 1.20. The molecule has 2 atom stereocenters. The number of para-hydroxylation sites is 1. The van der Waals surface area contributed by atoms with E-state index < -0.39 is 5.25 Å². The van der Waals surface area contributed by atoms with Gasteiger partial charge in [-0.05, 0) is 54.5 Å². The zero-order chi connectivity index (χ0) is 29.1. The number of nitrogens with one attached hydrogen (secondary N) is 2. The van der Waals surface area contributed by atoms with Crippen LogP contribution < -0.4 is 10.6 Å². The Morgan fingerprint density at radius 2 is 1.76 bits per heavy atom. The Morgan fingerprint density at radius 1 is 1.05 bits per heavy atom. The van der Waals surface area contributed by atoms with Crippen molar-refractivity contribution in [2.75, 3.05) is 30.3 Å². The molecule has 2 aromatic carbocycles. The fraction of sp³-hybridized carbons (Fsp3) is 0.484. The molecule has 3 heterocycles. The number of nitrogens with zero attached hydrogens (tertiary/aromatic N) is 3. The number of urea groups is 1. The van der Waals surface area contributed by atoms with Crippen molar-refractivity contribution in [3.05, 3.63) is 59.7 Å². The maximum atomic E-state index is 13.6. The summed E-state index contributed by atoms with van der Waals surface area (Å²) in [5.41, 5.74) is 3.66. The average molecular weight is 578 g/mol. The summed E-state index contributed by atoms with van der Waals surface area (Å²) in [6.45, 7) is 8.12. The van der Waals surface area contributed by atoms with Gasteiger partial charge in [0.05, 0.1) is 5.25 Å². The van der Waals surface area contributed by atoms with E-state index in [1.807, 2.05) is 63.2 Å². The van der Waals surface area contributed by atoms with Crippen LogP contribution in [-0.2, 0) is 20.9 Å². The molecule has 3 aliphatic rings. The molecule has 0 saturated carbocycles. The maximum absolute atomic E-state index is 13.6. The highest BCUT2D eigenvalue weighted by Crippen LogP contribution is 2.45. The lowest BCUT2D eigenvalue weighted by molar-refractivity contribution is -0.137. The lowest BCUT2D eigenvalue weighted by Gasteiger charge is -2.40. The van der Waals surface area contributed by atoms with Crippen molar-refractivity contribution in [1.29, 1.82) is 0 Å². The molecule has 2 unspecified atom stereocenters. The van der Waals surface area contributed by atoms with Gasteiger partial charge in [0, 0.05) is 56.9 Å². The predicted octanol–water partition coefficient (Wildman–Crippen LogP) is 5.06. The normalized spacial score (nSPS) is 21.2. The number of anilines is 2. The largest absolute Gasteiger partial charge is 0.342 e. The molecule has 0 bridgehead atoms. The number of piperidine rings is 1. The Bertz CT molecular complexity index is 1290. The van der Waals surface area contributed by atoms with Gasteiger partial charge in [-0.2, -0.15) is 0 Å². The molecule has 0 radical (unpaired) electrons. The van der Waals surface area contributed by atoms with Crippen molar-refractivity contribution < 1.29 is 19.2 Å². The number of likely N-dealkylation sites (tertiary alicyclic amines) is 1. The van der Waals surface area contributed by atoms with Gasteiger partial charge in [0.25, 0.3) is 0 Å². The lowest BCUT2D eigenvalue weighted by Crippen LogP contribution is -2.51. The summed E-state index contributed by atoms with van der Waals surface area (Å²) in [5.74, 6) is 0.327. The van der Waals surface area contributed by atoms with E-state index in [2.05, 4.69) is 24.5 Å². The number of amides is 5. The molecule has 5 amide bonds. The molecule has 3 aliphatic heterocycles. The summed E-state index contributed by atoms with van der Waals surface area (Å²) in [6, 6.07) is 15.4. The number of carbonyl (C=O) groups excluding carboxylic acids is 4. The van der Waals surface area contributed by atoms with E-state index >= 15 is 0 Å². The van der Waals surface area contributed by atoms with Crippen molar-refractivity contribution in [2.45, 2.75) is 69.7 Å². The molecule has 5 rings (SSSR count). The quantitative estimate of drug-likeness (QED) is 0.457. The van der Waals surface area contributed by atoms with Crippen molar-refractivity contribution in [3.63, 3.8) is 0 Å². The van der Waals surface area contributed by atoms with E-state index in [-0.39, 0.29) is 41.6 Å². The minimum Gasteiger partial charge on any atom is -0.342 e. The molecule has 2 saturated heterocycles. The third kappa shape index (κ3) is 6.69. The van der Waals surface area contributed by atoms with Crippen LogP contribution in [0.15, 0.2) is 48.5 Å². The van der Waals surface area contributed by atoms with Crippen LogP contribution in [-0.4, -0.2) is 69.4 Å². The van der Waals surface area contributed by atoms with Gasteiger partial charge < -0.3 is 25.3 Å². The fourth-order valence-electron chi connectivity index (χ4n) is 5.77. The molecular weight excluding hydrogens is 538 g/mol. The Morgan fingerprint density at radius 3 is 2.44 bits per heavy atom. The smallest absolute Gasteiger partial charge is 0.322 e. The number of hydrogen-bond acceptors (Lipinski definition) is 5. The number of hydrogen-bond donors (Lipinski definition) is 2. The highest BCUT2D eigenvalue weighted by atomic mass is 32.2. The first-order valence-electron chi connectivity index (χ1n) is 14.5. The number of benzene rings is 2. The first kappa shape index (κ1) is 29.0. The van der Waals surface area contributed by atoms with E-state index in [0.717, 1.165) is 36.1 Å². The van der Waals surface area contributed by atoms with Crippen LogP contribution in [0, 0.1) is 5.92 Å². The number of carbonyl (C=O) groups is 4. The molecule has 0 aromatic heterocycles. The second kappa shape index (κ2) is 12.5. The highest BCUT2D eigenvalue weighted by molar-refractivity contribution is 8.01. The Hall–Kier alpha value is -3.53. The summed E-state index contributed by atoms with van der Waals surface area (Å²) < 4.78 is 0. The first-order chi connectivity index (χ1) is 19.7. The van der Waals surface area contributed by atoms with Gasteiger partial charge >= 0.3 is 6.03 Å². The van der Waals surface area contributed by atoms with Gasteiger partial charge in [0.1, 0.15) is 5.37 Å². The first-order valence-corrected chi connectivity index (χ1v) is 15.4. The SMILES string of the molecule is CC(=O)Nc1ccc(C2SC(CC(=O)N3CCC(N4Cc5ccccc5NC4=O)CC3)C(=O)N2CCC(C)C)cc1. The molecule has 2 N–H and O–H groups in total. The van der Waals surface area contributed by atoms with Crippen LogP contribution in [0.4, 0.5) is 16.2 Å². The van der Waals surface area contributed by atoms with Gasteiger partial charge in [-0.15, -0.1) is 11.8 Å². The molecule has 0 aliphatic carbocycles.